The first-order valence-electron chi connectivity index (χ1n) is 5.68. The van der Waals surface area contributed by atoms with Gasteiger partial charge in [-0.05, 0) is 31.5 Å². The molecule has 0 amide bonds. The Hall–Kier alpha value is -1.77. The third kappa shape index (κ3) is 10.5. The Morgan fingerprint density at radius 2 is 1.59 bits per heavy atom. The Morgan fingerprint density at radius 3 is 1.82 bits per heavy atom. The second kappa shape index (κ2) is 10.7. The van der Waals surface area contributed by atoms with E-state index < -0.39 is 0 Å². The minimum absolute atomic E-state index is 0.433. The maximum Gasteiger partial charge on any atom is 0.126 e. The van der Waals surface area contributed by atoms with Crippen molar-refractivity contribution in [2.45, 2.75) is 34.1 Å². The molecule has 1 rings (SSSR count). The molecule has 3 nitrogen and oxygen atoms in total. The van der Waals surface area contributed by atoms with Crippen LogP contribution in [0.2, 0.25) is 0 Å². The van der Waals surface area contributed by atoms with Crippen molar-refractivity contribution in [3.63, 3.8) is 0 Å². The number of rotatable bonds is 1. The molecule has 1 heterocycles. The van der Waals surface area contributed by atoms with Crippen LogP contribution in [-0.4, -0.2) is 4.98 Å². The highest BCUT2D eigenvalue weighted by atomic mass is 14.9. The second-order valence-electron chi connectivity index (χ2n) is 3.60. The van der Waals surface area contributed by atoms with E-state index in [1.54, 1.807) is 18.2 Å². The molecule has 0 aliphatic carbocycles. The first-order chi connectivity index (χ1) is 7.92. The van der Waals surface area contributed by atoms with Crippen LogP contribution in [0.1, 0.15) is 39.7 Å². The smallest absolute Gasteiger partial charge is 0.126 e. The van der Waals surface area contributed by atoms with Gasteiger partial charge in [0.05, 0.1) is 0 Å². The van der Waals surface area contributed by atoms with Crippen molar-refractivity contribution in [2.75, 3.05) is 11.5 Å². The number of hydrogen-bond donors (Lipinski definition) is 2. The van der Waals surface area contributed by atoms with Gasteiger partial charge in [0, 0.05) is 0 Å². The highest BCUT2D eigenvalue weighted by Crippen LogP contribution is 2.15. The van der Waals surface area contributed by atoms with Crippen LogP contribution >= 0.6 is 0 Å². The van der Waals surface area contributed by atoms with Crippen molar-refractivity contribution in [2.24, 2.45) is 0 Å². The van der Waals surface area contributed by atoms with Gasteiger partial charge in [0.15, 0.2) is 0 Å². The first kappa shape index (κ1) is 17.6. The van der Waals surface area contributed by atoms with Crippen LogP contribution < -0.4 is 11.5 Å². The summed E-state index contributed by atoms with van der Waals surface area (Å²) in [6.45, 7) is 15.2. The van der Waals surface area contributed by atoms with E-state index in [1.165, 1.54) is 6.42 Å². The molecule has 0 radical (unpaired) electrons. The minimum Gasteiger partial charge on any atom is -0.384 e. The zero-order valence-corrected chi connectivity index (χ0v) is 11.5. The van der Waals surface area contributed by atoms with Crippen molar-refractivity contribution in [1.82, 2.24) is 4.98 Å². The van der Waals surface area contributed by atoms with Crippen LogP contribution in [-0.2, 0) is 0 Å². The number of allylic oxidation sites excluding steroid dienone is 2. The number of aromatic nitrogens is 1. The Kier molecular flexibility index (Phi) is 11.1. The van der Waals surface area contributed by atoms with Crippen molar-refractivity contribution in [3.05, 3.63) is 36.9 Å². The summed E-state index contributed by atoms with van der Waals surface area (Å²) in [4.78, 5) is 3.83. The number of pyridine rings is 1. The van der Waals surface area contributed by atoms with E-state index in [-0.39, 0.29) is 0 Å². The Labute approximate surface area is 105 Å². The summed E-state index contributed by atoms with van der Waals surface area (Å²) in [6.07, 6.45) is 3.00. The fourth-order valence-electron chi connectivity index (χ4n) is 0.820. The quantitative estimate of drug-likeness (QED) is 0.726. The van der Waals surface area contributed by atoms with Gasteiger partial charge in [0.2, 0.25) is 0 Å². The van der Waals surface area contributed by atoms with E-state index in [4.69, 9.17) is 11.5 Å². The molecule has 1 aromatic heterocycles. The first-order valence-corrected chi connectivity index (χ1v) is 5.68. The zero-order valence-electron chi connectivity index (χ0n) is 11.5. The molecule has 0 aliphatic heterocycles. The largest absolute Gasteiger partial charge is 0.384 e. The predicted molar refractivity (Wildman–Crippen MR) is 79.6 cm³/mol. The Morgan fingerprint density at radius 1 is 1.29 bits per heavy atom. The maximum atomic E-state index is 5.46. The molecule has 4 N–H and O–H groups in total. The molecular formula is C14H25N3. The number of anilines is 2. The second-order valence-corrected chi connectivity index (χ2v) is 3.60. The molecule has 1 aromatic rings. The highest BCUT2D eigenvalue weighted by Gasteiger charge is 1.96. The SMILES string of the molecule is C=C(C)c1cc(N)nc(N)c1.C=CC.CCC. The summed E-state index contributed by atoms with van der Waals surface area (Å²) in [7, 11) is 0. The summed E-state index contributed by atoms with van der Waals surface area (Å²) >= 11 is 0. The van der Waals surface area contributed by atoms with Gasteiger partial charge < -0.3 is 11.5 Å². The molecule has 0 aliphatic rings. The predicted octanol–water partition coefficient (Wildman–Crippen LogP) is 3.89. The fourth-order valence-corrected chi connectivity index (χ4v) is 0.820. The van der Waals surface area contributed by atoms with E-state index in [0.717, 1.165) is 11.1 Å². The molecule has 0 saturated heterocycles. The molecule has 3 heteroatoms. The van der Waals surface area contributed by atoms with Crippen molar-refractivity contribution >= 4 is 17.2 Å². The van der Waals surface area contributed by atoms with Crippen LogP contribution in [0.4, 0.5) is 11.6 Å². The topological polar surface area (TPSA) is 64.9 Å². The molecule has 0 saturated carbocycles. The van der Waals surface area contributed by atoms with Gasteiger partial charge in [0.1, 0.15) is 11.6 Å². The summed E-state index contributed by atoms with van der Waals surface area (Å²) in [5.41, 5.74) is 12.8. The van der Waals surface area contributed by atoms with Gasteiger partial charge in [-0.1, -0.05) is 38.5 Å². The summed E-state index contributed by atoms with van der Waals surface area (Å²) < 4.78 is 0. The van der Waals surface area contributed by atoms with Gasteiger partial charge in [-0.2, -0.15) is 0 Å². The lowest BCUT2D eigenvalue weighted by Gasteiger charge is -2.01. The van der Waals surface area contributed by atoms with Crippen molar-refractivity contribution in [3.8, 4) is 0 Å². The van der Waals surface area contributed by atoms with Gasteiger partial charge >= 0.3 is 0 Å². The normalized spacial score (nSPS) is 8.00. The average molecular weight is 235 g/mol. The van der Waals surface area contributed by atoms with Crippen LogP contribution in [0.25, 0.3) is 5.57 Å². The summed E-state index contributed by atoms with van der Waals surface area (Å²) in [5, 5.41) is 0. The molecule has 0 fully saturated rings. The van der Waals surface area contributed by atoms with Crippen LogP contribution in [0.5, 0.6) is 0 Å². The van der Waals surface area contributed by atoms with Crippen LogP contribution in [0.15, 0.2) is 31.4 Å². The van der Waals surface area contributed by atoms with Gasteiger partial charge in [-0.15, -0.1) is 6.58 Å². The fraction of sp³-hybridized carbons (Fsp3) is 0.357. The van der Waals surface area contributed by atoms with Crippen molar-refractivity contribution in [1.29, 1.82) is 0 Å². The number of nitrogens with zero attached hydrogens (tertiary/aromatic N) is 1. The average Bonchev–Trinajstić information content (AvgIpc) is 2.18. The molecule has 0 atom stereocenters. The maximum absolute atomic E-state index is 5.46. The van der Waals surface area contributed by atoms with E-state index in [1.807, 2.05) is 13.8 Å². The van der Waals surface area contributed by atoms with E-state index >= 15 is 0 Å². The molecule has 96 valence electrons. The Balaban J connectivity index is 0. The van der Waals surface area contributed by atoms with Gasteiger partial charge in [-0.3, -0.25) is 0 Å². The monoisotopic (exact) mass is 235 g/mol. The lowest BCUT2D eigenvalue weighted by molar-refractivity contribution is 1.09. The third-order valence-corrected chi connectivity index (χ3v) is 1.36. The molecule has 0 spiro atoms. The summed E-state index contributed by atoms with van der Waals surface area (Å²) in [5.74, 6) is 0.867. The highest BCUT2D eigenvalue weighted by molar-refractivity contribution is 5.66. The molecule has 0 unspecified atom stereocenters. The Bertz CT molecular complexity index is 323. The van der Waals surface area contributed by atoms with Crippen LogP contribution in [0, 0.1) is 0 Å². The van der Waals surface area contributed by atoms with Gasteiger partial charge in [-0.25, -0.2) is 4.98 Å². The lowest BCUT2D eigenvalue weighted by atomic mass is 10.1. The number of hydrogen-bond acceptors (Lipinski definition) is 3. The molecule has 0 aromatic carbocycles. The molecule has 17 heavy (non-hydrogen) atoms. The minimum atomic E-state index is 0.433. The molecule has 0 bridgehead atoms. The molecular weight excluding hydrogens is 210 g/mol. The lowest BCUT2D eigenvalue weighted by Crippen LogP contribution is -1.97. The zero-order chi connectivity index (χ0) is 13.8. The van der Waals surface area contributed by atoms with Crippen molar-refractivity contribution < 1.29 is 0 Å². The summed E-state index contributed by atoms with van der Waals surface area (Å²) in [6, 6.07) is 3.50. The number of nitrogen functional groups attached to an aromatic ring is 2. The number of nitrogens with two attached hydrogens (primary N) is 2. The van der Waals surface area contributed by atoms with Crippen LogP contribution in [0.3, 0.4) is 0 Å². The van der Waals surface area contributed by atoms with Gasteiger partial charge in [0.25, 0.3) is 0 Å². The van der Waals surface area contributed by atoms with E-state index in [9.17, 15) is 0 Å². The van der Waals surface area contributed by atoms with E-state index in [0.29, 0.717) is 11.6 Å². The van der Waals surface area contributed by atoms with E-state index in [2.05, 4.69) is 32.0 Å². The third-order valence-electron chi connectivity index (χ3n) is 1.36. The standard InChI is InChI=1S/C8H11N3.C3H8.C3H6/c1-5(2)6-3-7(9)11-8(10)4-6;2*1-3-2/h3-4H,1H2,2H3,(H4,9,10,11);3H2,1-2H3;3H,1H2,2H3.